The maximum absolute atomic E-state index is 12.5. The number of pyridine rings is 1. The molecule has 160 valence electrons. The Labute approximate surface area is 174 Å². The van der Waals surface area contributed by atoms with Crippen molar-refractivity contribution in [1.82, 2.24) is 19.6 Å². The van der Waals surface area contributed by atoms with Gasteiger partial charge >= 0.3 is 0 Å². The van der Waals surface area contributed by atoms with Crippen LogP contribution >= 0.6 is 0 Å². The van der Waals surface area contributed by atoms with Gasteiger partial charge in [-0.05, 0) is 44.7 Å². The van der Waals surface area contributed by atoms with Crippen LogP contribution in [0, 0.1) is 6.92 Å². The van der Waals surface area contributed by atoms with E-state index in [1.807, 2.05) is 40.6 Å². The summed E-state index contributed by atoms with van der Waals surface area (Å²) in [6.07, 6.45) is 9.52. The van der Waals surface area contributed by atoms with Crippen molar-refractivity contribution in [1.29, 1.82) is 0 Å². The lowest BCUT2D eigenvalue weighted by Crippen LogP contribution is -2.32. The Morgan fingerprint density at radius 1 is 1.03 bits per heavy atom. The molecule has 0 aliphatic rings. The van der Waals surface area contributed by atoms with Gasteiger partial charge in [-0.25, -0.2) is 4.98 Å². The molecule has 2 aromatic rings. The summed E-state index contributed by atoms with van der Waals surface area (Å²) < 4.78 is 1.82. The van der Waals surface area contributed by atoms with Crippen molar-refractivity contribution < 1.29 is 9.59 Å². The molecule has 2 amide bonds. The first-order valence-corrected chi connectivity index (χ1v) is 11.1. The second-order valence-corrected chi connectivity index (χ2v) is 7.63. The summed E-state index contributed by atoms with van der Waals surface area (Å²) in [5, 5.41) is 2.99. The van der Waals surface area contributed by atoms with Gasteiger partial charge < -0.3 is 10.2 Å². The van der Waals surface area contributed by atoms with Crippen molar-refractivity contribution in [2.24, 2.45) is 0 Å². The van der Waals surface area contributed by atoms with Gasteiger partial charge in [-0.15, -0.1) is 0 Å². The van der Waals surface area contributed by atoms with E-state index in [2.05, 4.69) is 24.1 Å². The first-order valence-electron chi connectivity index (χ1n) is 11.1. The number of carbonyl (C=O) groups is 2. The van der Waals surface area contributed by atoms with E-state index < -0.39 is 0 Å². The van der Waals surface area contributed by atoms with E-state index in [1.165, 1.54) is 0 Å². The first kappa shape index (κ1) is 22.9. The summed E-state index contributed by atoms with van der Waals surface area (Å²) in [6.45, 7) is 8.54. The molecule has 2 heterocycles. The third-order valence-electron chi connectivity index (χ3n) is 5.19. The number of imidazole rings is 1. The summed E-state index contributed by atoms with van der Waals surface area (Å²) in [5.74, 6) is 0.180. The molecule has 0 saturated heterocycles. The highest BCUT2D eigenvalue weighted by Crippen LogP contribution is 2.12. The number of unbranched alkanes of at least 4 members (excludes halogenated alkanes) is 4. The van der Waals surface area contributed by atoms with E-state index in [0.29, 0.717) is 18.7 Å². The van der Waals surface area contributed by atoms with E-state index in [-0.39, 0.29) is 11.8 Å². The Kier molecular flexibility index (Phi) is 9.68. The number of aromatic nitrogens is 2. The van der Waals surface area contributed by atoms with Gasteiger partial charge in [-0.2, -0.15) is 0 Å². The normalized spacial score (nSPS) is 11.0. The lowest BCUT2D eigenvalue weighted by Gasteiger charge is -2.22. The lowest BCUT2D eigenvalue weighted by atomic mass is 10.1. The number of rotatable bonds is 13. The zero-order valence-corrected chi connectivity index (χ0v) is 18.2. The molecule has 0 aromatic carbocycles. The minimum absolute atomic E-state index is 0.0948. The summed E-state index contributed by atoms with van der Waals surface area (Å²) in [4.78, 5) is 31.5. The van der Waals surface area contributed by atoms with Gasteiger partial charge in [0, 0.05) is 32.3 Å². The van der Waals surface area contributed by atoms with Gasteiger partial charge in [0.1, 0.15) is 11.3 Å². The zero-order valence-electron chi connectivity index (χ0n) is 18.2. The number of amides is 2. The molecule has 0 spiro atoms. The van der Waals surface area contributed by atoms with Gasteiger partial charge in [0.25, 0.3) is 5.91 Å². The lowest BCUT2D eigenvalue weighted by molar-refractivity contribution is -0.131. The Morgan fingerprint density at radius 2 is 1.76 bits per heavy atom. The molecule has 6 heteroatoms. The average Bonchev–Trinajstić information content (AvgIpc) is 3.06. The molecular weight excluding hydrogens is 364 g/mol. The van der Waals surface area contributed by atoms with Crippen molar-refractivity contribution >= 4 is 17.5 Å². The van der Waals surface area contributed by atoms with Crippen molar-refractivity contribution in [3.63, 3.8) is 0 Å². The van der Waals surface area contributed by atoms with Crippen LogP contribution < -0.4 is 5.32 Å². The molecule has 0 aliphatic heterocycles. The molecule has 6 nitrogen and oxygen atoms in total. The molecule has 0 radical (unpaired) electrons. The maximum Gasteiger partial charge on any atom is 0.270 e. The topological polar surface area (TPSA) is 66.7 Å². The molecular formula is C23H36N4O2. The number of nitrogens with one attached hydrogen (secondary N) is 1. The maximum atomic E-state index is 12.5. The summed E-state index contributed by atoms with van der Waals surface area (Å²) in [6, 6.07) is 5.70. The molecule has 2 aromatic heterocycles. The van der Waals surface area contributed by atoms with Crippen molar-refractivity contribution in [2.45, 2.75) is 72.1 Å². The fraction of sp³-hybridized carbons (Fsp3) is 0.609. The zero-order chi connectivity index (χ0) is 21.1. The van der Waals surface area contributed by atoms with Crippen LogP contribution in [0.5, 0.6) is 0 Å². The van der Waals surface area contributed by atoms with Crippen molar-refractivity contribution in [3.8, 4) is 0 Å². The Morgan fingerprint density at radius 3 is 2.45 bits per heavy atom. The third kappa shape index (κ3) is 6.87. The number of aryl methyl sites for hydroxylation is 1. The molecule has 2 rings (SSSR count). The Hall–Kier alpha value is -2.37. The fourth-order valence-corrected chi connectivity index (χ4v) is 3.47. The molecule has 0 fully saturated rings. The van der Waals surface area contributed by atoms with E-state index >= 15 is 0 Å². The molecule has 0 unspecified atom stereocenters. The number of hydrogen-bond donors (Lipinski definition) is 1. The molecule has 0 bridgehead atoms. The number of fused-ring (bicyclic) bond motifs is 1. The highest BCUT2D eigenvalue weighted by Gasteiger charge is 2.16. The van der Waals surface area contributed by atoms with E-state index in [4.69, 9.17) is 0 Å². The summed E-state index contributed by atoms with van der Waals surface area (Å²) in [7, 11) is 0. The monoisotopic (exact) mass is 400 g/mol. The number of carbonyl (C=O) groups excluding carboxylic acids is 2. The summed E-state index contributed by atoms with van der Waals surface area (Å²) >= 11 is 0. The van der Waals surface area contributed by atoms with Crippen LogP contribution in [0.1, 0.15) is 81.4 Å². The molecule has 0 aliphatic carbocycles. The molecule has 0 saturated carbocycles. The Balaban J connectivity index is 1.70. The highest BCUT2D eigenvalue weighted by molar-refractivity contribution is 5.94. The third-order valence-corrected chi connectivity index (χ3v) is 5.19. The van der Waals surface area contributed by atoms with Crippen LogP contribution in [0.2, 0.25) is 0 Å². The molecule has 0 atom stereocenters. The largest absolute Gasteiger partial charge is 0.351 e. The van der Waals surface area contributed by atoms with Gasteiger partial charge in [-0.3, -0.25) is 14.0 Å². The summed E-state index contributed by atoms with van der Waals surface area (Å²) in [5.41, 5.74) is 2.11. The van der Waals surface area contributed by atoms with Crippen LogP contribution in [-0.2, 0) is 4.79 Å². The Bertz CT molecular complexity index is 776. The van der Waals surface area contributed by atoms with E-state index in [9.17, 15) is 9.59 Å². The van der Waals surface area contributed by atoms with Gasteiger partial charge in [-0.1, -0.05) is 39.2 Å². The van der Waals surface area contributed by atoms with Crippen molar-refractivity contribution in [2.75, 3.05) is 19.6 Å². The van der Waals surface area contributed by atoms with Crippen LogP contribution in [0.3, 0.4) is 0 Å². The van der Waals surface area contributed by atoms with Crippen LogP contribution in [0.15, 0.2) is 24.4 Å². The standard InChI is InChI=1S/C23H36N4O2/c1-4-6-16-26(17-7-5-2)21(28)14-9-8-11-15-24-23(29)22-19(3)25-20-13-10-12-18-27(20)22/h10,12-13,18H,4-9,11,14-17H2,1-3H3,(H,24,29). The van der Waals surface area contributed by atoms with Crippen molar-refractivity contribution in [3.05, 3.63) is 35.8 Å². The quantitative estimate of drug-likeness (QED) is 0.508. The predicted molar refractivity (Wildman–Crippen MR) is 117 cm³/mol. The fourth-order valence-electron chi connectivity index (χ4n) is 3.47. The highest BCUT2D eigenvalue weighted by atomic mass is 16.2. The second kappa shape index (κ2) is 12.2. The van der Waals surface area contributed by atoms with Gasteiger partial charge in [0.05, 0.1) is 5.69 Å². The van der Waals surface area contributed by atoms with Gasteiger partial charge in [0.2, 0.25) is 5.91 Å². The van der Waals surface area contributed by atoms with E-state index in [0.717, 1.165) is 69.4 Å². The van der Waals surface area contributed by atoms with E-state index in [1.54, 1.807) is 0 Å². The predicted octanol–water partition coefficient (Wildman–Crippen LogP) is 4.36. The average molecular weight is 401 g/mol. The minimum Gasteiger partial charge on any atom is -0.351 e. The van der Waals surface area contributed by atoms with Crippen LogP contribution in [0.4, 0.5) is 0 Å². The molecule has 1 N–H and O–H groups in total. The second-order valence-electron chi connectivity index (χ2n) is 7.63. The molecule has 29 heavy (non-hydrogen) atoms. The van der Waals surface area contributed by atoms with Crippen LogP contribution in [-0.4, -0.2) is 45.7 Å². The van der Waals surface area contributed by atoms with Gasteiger partial charge in [0.15, 0.2) is 0 Å². The van der Waals surface area contributed by atoms with Crippen LogP contribution in [0.25, 0.3) is 5.65 Å². The number of nitrogens with zero attached hydrogens (tertiary/aromatic N) is 3. The first-order chi connectivity index (χ1) is 14.1. The SMILES string of the molecule is CCCCN(CCCC)C(=O)CCCCCNC(=O)c1c(C)nc2ccccn12. The smallest absolute Gasteiger partial charge is 0.270 e. The minimum atomic E-state index is -0.0948. The number of hydrogen-bond acceptors (Lipinski definition) is 3.